The molecule has 0 spiro atoms. The van der Waals surface area contributed by atoms with Gasteiger partial charge >= 0.3 is 0 Å². The van der Waals surface area contributed by atoms with E-state index >= 15 is 0 Å². The van der Waals surface area contributed by atoms with Crippen molar-refractivity contribution >= 4 is 0 Å². The molecule has 0 aliphatic carbocycles. The summed E-state index contributed by atoms with van der Waals surface area (Å²) < 4.78 is 3.58. The van der Waals surface area contributed by atoms with Crippen molar-refractivity contribution in [1.82, 2.24) is 30.1 Å². The van der Waals surface area contributed by atoms with Gasteiger partial charge in [-0.2, -0.15) is 5.10 Å². The van der Waals surface area contributed by atoms with Crippen molar-refractivity contribution in [2.75, 3.05) is 7.05 Å². The van der Waals surface area contributed by atoms with Crippen molar-refractivity contribution in [2.24, 2.45) is 7.05 Å². The third-order valence-electron chi connectivity index (χ3n) is 2.36. The Labute approximate surface area is 94.3 Å². The second kappa shape index (κ2) is 4.44. The molecule has 0 aromatic carbocycles. The van der Waals surface area contributed by atoms with Crippen LogP contribution in [0.4, 0.5) is 0 Å². The van der Waals surface area contributed by atoms with Crippen molar-refractivity contribution in [2.45, 2.75) is 19.9 Å². The monoisotopic (exact) mass is 220 g/mol. The molecule has 0 aliphatic heterocycles. The van der Waals surface area contributed by atoms with E-state index < -0.39 is 0 Å². The zero-order valence-electron chi connectivity index (χ0n) is 9.80. The van der Waals surface area contributed by atoms with Gasteiger partial charge < -0.3 is 5.32 Å². The van der Waals surface area contributed by atoms with Gasteiger partial charge in [0.1, 0.15) is 5.69 Å². The molecule has 2 rings (SSSR count). The molecule has 1 N–H and O–H groups in total. The highest BCUT2D eigenvalue weighted by atomic mass is 15.4. The van der Waals surface area contributed by atoms with Crippen molar-refractivity contribution in [3.8, 4) is 5.69 Å². The third kappa shape index (κ3) is 1.96. The Morgan fingerprint density at radius 3 is 2.88 bits per heavy atom. The molecule has 2 aromatic heterocycles. The standard InChI is InChI=1S/C10H16N6/c1-4-9-10(7-15(3)13-9)16-6-8(5-11-2)12-14-16/h6-7,11H,4-5H2,1-3H3. The van der Waals surface area contributed by atoms with Crippen LogP contribution in [0.25, 0.3) is 5.69 Å². The Kier molecular flexibility index (Phi) is 3.00. The van der Waals surface area contributed by atoms with Crippen LogP contribution < -0.4 is 5.32 Å². The molecule has 0 bridgehead atoms. The number of rotatable bonds is 4. The topological polar surface area (TPSA) is 60.6 Å². The van der Waals surface area contributed by atoms with Crippen LogP contribution in [0.15, 0.2) is 12.4 Å². The Morgan fingerprint density at radius 2 is 2.19 bits per heavy atom. The average molecular weight is 220 g/mol. The molecular weight excluding hydrogens is 204 g/mol. The van der Waals surface area contributed by atoms with Gasteiger partial charge in [-0.05, 0) is 13.5 Å². The molecule has 86 valence electrons. The quantitative estimate of drug-likeness (QED) is 0.804. The highest BCUT2D eigenvalue weighted by Crippen LogP contribution is 2.12. The van der Waals surface area contributed by atoms with E-state index in [1.807, 2.05) is 26.5 Å². The fraction of sp³-hybridized carbons (Fsp3) is 0.500. The first-order chi connectivity index (χ1) is 7.74. The number of hydrogen-bond acceptors (Lipinski definition) is 4. The predicted molar refractivity (Wildman–Crippen MR) is 60.3 cm³/mol. The van der Waals surface area contributed by atoms with Crippen molar-refractivity contribution in [3.05, 3.63) is 23.8 Å². The molecule has 0 radical (unpaired) electrons. The SMILES string of the molecule is CCc1nn(C)cc1-n1cc(CNC)nn1. The molecule has 0 aliphatic rings. The highest BCUT2D eigenvalue weighted by Gasteiger charge is 2.09. The van der Waals surface area contributed by atoms with Crippen LogP contribution in [0.5, 0.6) is 0 Å². The lowest BCUT2D eigenvalue weighted by Crippen LogP contribution is -2.05. The minimum atomic E-state index is 0.724. The fourth-order valence-electron chi connectivity index (χ4n) is 1.64. The number of aryl methyl sites for hydroxylation is 2. The minimum Gasteiger partial charge on any atom is -0.314 e. The molecule has 6 nitrogen and oxygen atoms in total. The largest absolute Gasteiger partial charge is 0.314 e. The van der Waals surface area contributed by atoms with E-state index in [-0.39, 0.29) is 0 Å². The average Bonchev–Trinajstić information content (AvgIpc) is 2.85. The second-order valence-electron chi connectivity index (χ2n) is 3.67. The summed E-state index contributed by atoms with van der Waals surface area (Å²) in [5.41, 5.74) is 2.96. The minimum absolute atomic E-state index is 0.724. The van der Waals surface area contributed by atoms with E-state index in [9.17, 15) is 0 Å². The summed E-state index contributed by atoms with van der Waals surface area (Å²) in [6, 6.07) is 0. The van der Waals surface area contributed by atoms with Crippen molar-refractivity contribution in [1.29, 1.82) is 0 Å². The normalized spacial score (nSPS) is 10.9. The van der Waals surface area contributed by atoms with Gasteiger partial charge in [-0.1, -0.05) is 12.1 Å². The molecule has 6 heteroatoms. The first-order valence-corrected chi connectivity index (χ1v) is 5.33. The second-order valence-corrected chi connectivity index (χ2v) is 3.67. The highest BCUT2D eigenvalue weighted by molar-refractivity contribution is 5.33. The van der Waals surface area contributed by atoms with Gasteiger partial charge in [0.25, 0.3) is 0 Å². The molecule has 2 aromatic rings. The Morgan fingerprint density at radius 1 is 1.38 bits per heavy atom. The molecule has 0 fully saturated rings. The smallest absolute Gasteiger partial charge is 0.107 e. The van der Waals surface area contributed by atoms with Crippen molar-refractivity contribution < 1.29 is 0 Å². The van der Waals surface area contributed by atoms with E-state index in [0.29, 0.717) is 0 Å². The summed E-state index contributed by atoms with van der Waals surface area (Å²) >= 11 is 0. The van der Waals surface area contributed by atoms with Crippen LogP contribution in [0, 0.1) is 0 Å². The summed E-state index contributed by atoms with van der Waals surface area (Å²) in [5.74, 6) is 0. The van der Waals surface area contributed by atoms with Gasteiger partial charge in [0.05, 0.1) is 23.8 Å². The van der Waals surface area contributed by atoms with Gasteiger partial charge in [-0.15, -0.1) is 5.10 Å². The van der Waals surface area contributed by atoms with Crippen LogP contribution in [0.2, 0.25) is 0 Å². The predicted octanol–water partition coefficient (Wildman–Crippen LogP) is 0.283. The summed E-state index contributed by atoms with van der Waals surface area (Å²) in [4.78, 5) is 0. The summed E-state index contributed by atoms with van der Waals surface area (Å²) in [5, 5.41) is 15.6. The first kappa shape index (κ1) is 10.8. The lowest BCUT2D eigenvalue weighted by molar-refractivity contribution is 0.746. The van der Waals surface area contributed by atoms with Crippen molar-refractivity contribution in [3.63, 3.8) is 0 Å². The molecular formula is C10H16N6. The zero-order chi connectivity index (χ0) is 11.5. The van der Waals surface area contributed by atoms with Crippen LogP contribution >= 0.6 is 0 Å². The maximum Gasteiger partial charge on any atom is 0.107 e. The molecule has 0 saturated carbocycles. The molecule has 0 atom stereocenters. The third-order valence-corrected chi connectivity index (χ3v) is 2.36. The summed E-state index contributed by atoms with van der Waals surface area (Å²) in [6.45, 7) is 2.80. The van der Waals surface area contributed by atoms with E-state index in [1.54, 1.807) is 9.36 Å². The Hall–Kier alpha value is -1.69. The zero-order valence-corrected chi connectivity index (χ0v) is 9.80. The first-order valence-electron chi connectivity index (χ1n) is 5.33. The van der Waals surface area contributed by atoms with Crippen LogP contribution in [0.1, 0.15) is 18.3 Å². The van der Waals surface area contributed by atoms with E-state index in [1.165, 1.54) is 0 Å². The van der Waals surface area contributed by atoms with Gasteiger partial charge in [0.2, 0.25) is 0 Å². The molecule has 0 saturated heterocycles. The molecule has 0 amide bonds. The Bertz CT molecular complexity index is 469. The van der Waals surface area contributed by atoms with Gasteiger partial charge in [0, 0.05) is 13.6 Å². The van der Waals surface area contributed by atoms with E-state index in [0.717, 1.165) is 30.0 Å². The lowest BCUT2D eigenvalue weighted by atomic mass is 10.3. The molecule has 16 heavy (non-hydrogen) atoms. The van der Waals surface area contributed by atoms with Gasteiger partial charge in [-0.25, -0.2) is 4.68 Å². The lowest BCUT2D eigenvalue weighted by Gasteiger charge is -1.97. The summed E-state index contributed by atoms with van der Waals surface area (Å²) in [7, 11) is 3.80. The number of nitrogens with one attached hydrogen (secondary N) is 1. The fourth-order valence-corrected chi connectivity index (χ4v) is 1.64. The van der Waals surface area contributed by atoms with E-state index in [2.05, 4.69) is 27.7 Å². The maximum atomic E-state index is 4.37. The van der Waals surface area contributed by atoms with Gasteiger partial charge in [-0.3, -0.25) is 4.68 Å². The van der Waals surface area contributed by atoms with Crippen LogP contribution in [-0.4, -0.2) is 31.8 Å². The number of hydrogen-bond donors (Lipinski definition) is 1. The molecule has 2 heterocycles. The maximum absolute atomic E-state index is 4.37. The van der Waals surface area contributed by atoms with Crippen LogP contribution in [-0.2, 0) is 20.0 Å². The van der Waals surface area contributed by atoms with E-state index in [4.69, 9.17) is 0 Å². The molecule has 0 unspecified atom stereocenters. The summed E-state index contributed by atoms with van der Waals surface area (Å²) in [6.07, 6.45) is 4.76. The van der Waals surface area contributed by atoms with Crippen LogP contribution in [0.3, 0.4) is 0 Å². The Balaban J connectivity index is 2.34. The van der Waals surface area contributed by atoms with Gasteiger partial charge in [0.15, 0.2) is 0 Å². The number of aromatic nitrogens is 5. The number of nitrogens with zero attached hydrogens (tertiary/aromatic N) is 5.